The molecule has 4 nitrogen and oxygen atoms in total. The molecule has 0 aliphatic rings. The van der Waals surface area contributed by atoms with E-state index in [0.29, 0.717) is 12.0 Å². The third-order valence-corrected chi connectivity index (χ3v) is 3.67. The number of carbonyl (C=O) groups excluding carboxylic acids is 2. The maximum Gasteiger partial charge on any atom is 0.337 e. The van der Waals surface area contributed by atoms with Gasteiger partial charge < -0.3 is 9.47 Å². The van der Waals surface area contributed by atoms with E-state index in [1.165, 1.54) is 14.2 Å². The van der Waals surface area contributed by atoms with Gasteiger partial charge >= 0.3 is 11.9 Å². The highest BCUT2D eigenvalue weighted by Gasteiger charge is 2.17. The molecule has 0 amide bonds. The van der Waals surface area contributed by atoms with Crippen molar-refractivity contribution < 1.29 is 19.1 Å². The number of benzene rings is 2. The van der Waals surface area contributed by atoms with Crippen LogP contribution in [0.5, 0.6) is 0 Å². The zero-order valence-electron chi connectivity index (χ0n) is 13.8. The third kappa shape index (κ3) is 4.56. The molecule has 4 heteroatoms. The summed E-state index contributed by atoms with van der Waals surface area (Å²) in [6, 6.07) is 16.7. The first-order valence-electron chi connectivity index (χ1n) is 7.62. The van der Waals surface area contributed by atoms with Crippen molar-refractivity contribution in [3.8, 4) is 0 Å². The average Bonchev–Trinajstić information content (AvgIpc) is 2.65. The number of rotatable bonds is 6. The lowest BCUT2D eigenvalue weighted by Gasteiger charge is -2.10. The Kier molecular flexibility index (Phi) is 6.32. The molecule has 0 heterocycles. The van der Waals surface area contributed by atoms with Gasteiger partial charge in [0.25, 0.3) is 0 Å². The smallest absolute Gasteiger partial charge is 0.337 e. The van der Waals surface area contributed by atoms with Gasteiger partial charge in [0.15, 0.2) is 0 Å². The van der Waals surface area contributed by atoms with E-state index in [1.807, 2.05) is 54.6 Å². The van der Waals surface area contributed by atoms with Crippen molar-refractivity contribution in [3.05, 3.63) is 83.4 Å². The second-order valence-electron chi connectivity index (χ2n) is 5.23. The predicted octanol–water partition coefficient (Wildman–Crippen LogP) is 3.53. The number of carbonyl (C=O) groups is 2. The Hall–Kier alpha value is -2.88. The number of esters is 2. The van der Waals surface area contributed by atoms with E-state index in [2.05, 4.69) is 4.74 Å². The van der Waals surface area contributed by atoms with Gasteiger partial charge in [0, 0.05) is 0 Å². The normalized spacial score (nSPS) is 11.9. The fourth-order valence-corrected chi connectivity index (χ4v) is 2.35. The summed E-state index contributed by atoms with van der Waals surface area (Å²) in [6.45, 7) is 0. The van der Waals surface area contributed by atoms with Crippen molar-refractivity contribution in [2.45, 2.75) is 12.3 Å². The number of allylic oxidation sites excluding steroid dienone is 1. The fourth-order valence-electron chi connectivity index (χ4n) is 2.35. The molecule has 2 aromatic rings. The molecule has 24 heavy (non-hydrogen) atoms. The second-order valence-corrected chi connectivity index (χ2v) is 5.23. The van der Waals surface area contributed by atoms with Gasteiger partial charge in [-0.05, 0) is 29.7 Å². The van der Waals surface area contributed by atoms with Crippen molar-refractivity contribution in [1.29, 1.82) is 0 Å². The maximum atomic E-state index is 12.0. The molecule has 1 atom stereocenters. The SMILES string of the molecule is COC(=O)c1ccc(C/C=C/C(C(=O)OC)c2ccccc2)cc1. The molecule has 0 saturated heterocycles. The van der Waals surface area contributed by atoms with Crippen LogP contribution in [0.3, 0.4) is 0 Å². The third-order valence-electron chi connectivity index (χ3n) is 3.67. The van der Waals surface area contributed by atoms with Crippen LogP contribution in [0, 0.1) is 0 Å². The molecular formula is C20H20O4. The summed E-state index contributed by atoms with van der Waals surface area (Å²) in [6.07, 6.45) is 4.43. The number of hydrogen-bond acceptors (Lipinski definition) is 4. The molecule has 0 N–H and O–H groups in total. The fraction of sp³-hybridized carbons (Fsp3) is 0.200. The zero-order chi connectivity index (χ0) is 17.4. The van der Waals surface area contributed by atoms with Crippen molar-refractivity contribution in [1.82, 2.24) is 0 Å². The van der Waals surface area contributed by atoms with Crippen LogP contribution in [-0.4, -0.2) is 26.2 Å². The molecular weight excluding hydrogens is 304 g/mol. The zero-order valence-corrected chi connectivity index (χ0v) is 13.8. The lowest BCUT2D eigenvalue weighted by atomic mass is 9.98. The highest BCUT2D eigenvalue weighted by Crippen LogP contribution is 2.19. The molecule has 0 radical (unpaired) electrons. The van der Waals surface area contributed by atoms with E-state index in [0.717, 1.165) is 11.1 Å². The lowest BCUT2D eigenvalue weighted by Crippen LogP contribution is -2.12. The van der Waals surface area contributed by atoms with Crippen LogP contribution in [0.2, 0.25) is 0 Å². The Bertz CT molecular complexity index is 702. The minimum Gasteiger partial charge on any atom is -0.468 e. The monoisotopic (exact) mass is 324 g/mol. The van der Waals surface area contributed by atoms with Crippen LogP contribution in [0.25, 0.3) is 0 Å². The molecule has 124 valence electrons. The Labute approximate surface area is 141 Å². The average molecular weight is 324 g/mol. The van der Waals surface area contributed by atoms with E-state index in [1.54, 1.807) is 12.1 Å². The number of hydrogen-bond donors (Lipinski definition) is 0. The summed E-state index contributed by atoms with van der Waals surface area (Å²) < 4.78 is 9.55. The van der Waals surface area contributed by atoms with Gasteiger partial charge in [-0.2, -0.15) is 0 Å². The maximum absolute atomic E-state index is 12.0. The van der Waals surface area contributed by atoms with Gasteiger partial charge in [-0.15, -0.1) is 0 Å². The van der Waals surface area contributed by atoms with Crippen molar-refractivity contribution >= 4 is 11.9 Å². The summed E-state index contributed by atoms with van der Waals surface area (Å²) >= 11 is 0. The summed E-state index contributed by atoms with van der Waals surface area (Å²) in [5.41, 5.74) is 2.44. The molecule has 0 aliphatic heterocycles. The molecule has 2 rings (SSSR count). The standard InChI is InChI=1S/C20H20O4/c1-23-19(21)17-13-11-15(12-14-17)7-6-10-18(20(22)24-2)16-8-4-3-5-9-16/h3-6,8-14,18H,7H2,1-2H3/b10-6+. The van der Waals surface area contributed by atoms with Gasteiger partial charge in [-0.1, -0.05) is 54.6 Å². The van der Waals surface area contributed by atoms with Gasteiger partial charge in [0.2, 0.25) is 0 Å². The predicted molar refractivity (Wildman–Crippen MR) is 91.8 cm³/mol. The number of ether oxygens (including phenoxy) is 2. The van der Waals surface area contributed by atoms with Crippen LogP contribution in [0.1, 0.15) is 27.4 Å². The quantitative estimate of drug-likeness (QED) is 0.602. The Balaban J connectivity index is 2.07. The van der Waals surface area contributed by atoms with Gasteiger partial charge in [0.1, 0.15) is 0 Å². The summed E-state index contributed by atoms with van der Waals surface area (Å²) in [5.74, 6) is -1.07. The number of methoxy groups -OCH3 is 2. The van der Waals surface area contributed by atoms with Crippen LogP contribution in [0.15, 0.2) is 66.7 Å². The van der Waals surface area contributed by atoms with Crippen LogP contribution >= 0.6 is 0 Å². The highest BCUT2D eigenvalue weighted by molar-refractivity contribution is 5.89. The Morgan fingerprint density at radius 3 is 2.21 bits per heavy atom. The molecule has 1 unspecified atom stereocenters. The van der Waals surface area contributed by atoms with Crippen LogP contribution < -0.4 is 0 Å². The largest absolute Gasteiger partial charge is 0.468 e. The van der Waals surface area contributed by atoms with Gasteiger partial charge in [0.05, 0.1) is 25.7 Å². The van der Waals surface area contributed by atoms with Crippen molar-refractivity contribution in [2.75, 3.05) is 14.2 Å². The first-order chi connectivity index (χ1) is 11.7. The molecule has 0 fully saturated rings. The molecule has 0 spiro atoms. The topological polar surface area (TPSA) is 52.6 Å². The van der Waals surface area contributed by atoms with Crippen LogP contribution in [0.4, 0.5) is 0 Å². The second kappa shape index (κ2) is 8.67. The first-order valence-corrected chi connectivity index (χ1v) is 7.62. The first kappa shape index (κ1) is 17.5. The van der Waals surface area contributed by atoms with E-state index in [9.17, 15) is 9.59 Å². The highest BCUT2D eigenvalue weighted by atomic mass is 16.5. The van der Waals surface area contributed by atoms with E-state index in [-0.39, 0.29) is 11.9 Å². The molecule has 2 aromatic carbocycles. The van der Waals surface area contributed by atoms with Gasteiger partial charge in [-0.25, -0.2) is 4.79 Å². The van der Waals surface area contributed by atoms with E-state index in [4.69, 9.17) is 4.74 Å². The van der Waals surface area contributed by atoms with E-state index < -0.39 is 5.92 Å². The minimum atomic E-state index is -0.425. The summed E-state index contributed by atoms with van der Waals surface area (Å²) in [5, 5.41) is 0. The van der Waals surface area contributed by atoms with E-state index >= 15 is 0 Å². The molecule has 0 aromatic heterocycles. The molecule has 0 aliphatic carbocycles. The minimum absolute atomic E-state index is 0.293. The van der Waals surface area contributed by atoms with Crippen LogP contribution in [-0.2, 0) is 20.7 Å². The molecule has 0 saturated carbocycles. The van der Waals surface area contributed by atoms with Crippen molar-refractivity contribution in [2.24, 2.45) is 0 Å². The Morgan fingerprint density at radius 1 is 0.958 bits per heavy atom. The molecule has 0 bridgehead atoms. The Morgan fingerprint density at radius 2 is 1.62 bits per heavy atom. The van der Waals surface area contributed by atoms with Crippen molar-refractivity contribution in [3.63, 3.8) is 0 Å². The van der Waals surface area contributed by atoms with Gasteiger partial charge in [-0.3, -0.25) is 4.79 Å². The summed E-state index contributed by atoms with van der Waals surface area (Å²) in [4.78, 5) is 23.4. The lowest BCUT2D eigenvalue weighted by molar-refractivity contribution is -0.141. The summed E-state index contributed by atoms with van der Waals surface area (Å²) in [7, 11) is 2.74.